The van der Waals surface area contributed by atoms with Crippen molar-refractivity contribution in [2.45, 2.75) is 46.1 Å². The van der Waals surface area contributed by atoms with Gasteiger partial charge in [0.2, 0.25) is 5.91 Å². The maximum absolute atomic E-state index is 13.2. The van der Waals surface area contributed by atoms with Crippen molar-refractivity contribution < 1.29 is 9.53 Å². The number of methoxy groups -OCH3 is 1. The first-order valence-electron chi connectivity index (χ1n) is 10.3. The number of likely N-dealkylation sites (tertiary alicyclic amines) is 1. The van der Waals surface area contributed by atoms with Crippen molar-refractivity contribution >= 4 is 27.5 Å². The largest absolute Gasteiger partial charge is 0.497 e. The van der Waals surface area contributed by atoms with Crippen LogP contribution in [0.2, 0.25) is 0 Å². The van der Waals surface area contributed by atoms with Gasteiger partial charge in [-0.3, -0.25) is 14.2 Å². The molecule has 1 aliphatic rings. The Morgan fingerprint density at radius 1 is 1.23 bits per heavy atom. The third kappa shape index (κ3) is 3.74. The topological polar surface area (TPSA) is 64.4 Å². The van der Waals surface area contributed by atoms with Gasteiger partial charge in [-0.1, -0.05) is 12.1 Å². The number of piperidine rings is 1. The van der Waals surface area contributed by atoms with Crippen LogP contribution >= 0.6 is 11.3 Å². The summed E-state index contributed by atoms with van der Waals surface area (Å²) < 4.78 is 7.10. The van der Waals surface area contributed by atoms with Crippen LogP contribution in [-0.4, -0.2) is 40.6 Å². The SMILES string of the molecule is COc1cccc(CC(=O)N2CCC(n3c(C)nc4sc(C)c(C)c4c3=O)CC2)c1. The lowest BCUT2D eigenvalue weighted by Crippen LogP contribution is -2.42. The van der Waals surface area contributed by atoms with E-state index in [1.54, 1.807) is 18.4 Å². The number of hydrogen-bond donors (Lipinski definition) is 0. The number of carbonyl (C=O) groups is 1. The van der Waals surface area contributed by atoms with Crippen LogP contribution in [0, 0.1) is 20.8 Å². The van der Waals surface area contributed by atoms with Crippen LogP contribution in [0.25, 0.3) is 10.2 Å². The molecular weight excluding hydrogens is 398 g/mol. The maximum atomic E-state index is 13.2. The predicted molar refractivity (Wildman–Crippen MR) is 120 cm³/mol. The van der Waals surface area contributed by atoms with Gasteiger partial charge in [0.05, 0.1) is 18.9 Å². The lowest BCUT2D eigenvalue weighted by Gasteiger charge is -2.33. The maximum Gasteiger partial charge on any atom is 0.262 e. The molecule has 2 aromatic heterocycles. The number of benzene rings is 1. The van der Waals surface area contributed by atoms with E-state index in [1.165, 1.54) is 0 Å². The first kappa shape index (κ1) is 20.6. The van der Waals surface area contributed by atoms with Crippen molar-refractivity contribution in [1.82, 2.24) is 14.5 Å². The van der Waals surface area contributed by atoms with Crippen molar-refractivity contribution in [2.24, 2.45) is 0 Å². The average molecular weight is 426 g/mol. The van der Waals surface area contributed by atoms with Crippen LogP contribution < -0.4 is 10.3 Å². The Kier molecular flexibility index (Phi) is 5.64. The van der Waals surface area contributed by atoms with Crippen LogP contribution in [0.15, 0.2) is 29.1 Å². The highest BCUT2D eigenvalue weighted by atomic mass is 32.1. The van der Waals surface area contributed by atoms with E-state index in [4.69, 9.17) is 9.72 Å². The van der Waals surface area contributed by atoms with E-state index >= 15 is 0 Å². The van der Waals surface area contributed by atoms with Crippen LogP contribution in [0.3, 0.4) is 0 Å². The molecule has 7 heteroatoms. The zero-order valence-electron chi connectivity index (χ0n) is 17.9. The molecule has 3 heterocycles. The van der Waals surface area contributed by atoms with Gasteiger partial charge in [0, 0.05) is 24.0 Å². The van der Waals surface area contributed by atoms with E-state index in [2.05, 4.69) is 0 Å². The van der Waals surface area contributed by atoms with Crippen LogP contribution in [0.4, 0.5) is 0 Å². The summed E-state index contributed by atoms with van der Waals surface area (Å²) in [5, 5.41) is 0.750. The number of aromatic nitrogens is 2. The van der Waals surface area contributed by atoms with E-state index in [0.29, 0.717) is 19.5 Å². The third-order valence-electron chi connectivity index (χ3n) is 6.08. The number of amides is 1. The lowest BCUT2D eigenvalue weighted by atomic mass is 10.0. The van der Waals surface area contributed by atoms with Crippen LogP contribution in [0.1, 0.15) is 40.7 Å². The minimum Gasteiger partial charge on any atom is -0.497 e. The van der Waals surface area contributed by atoms with E-state index in [0.717, 1.165) is 50.6 Å². The van der Waals surface area contributed by atoms with Crippen molar-refractivity contribution in [3.63, 3.8) is 0 Å². The summed E-state index contributed by atoms with van der Waals surface area (Å²) in [7, 11) is 1.63. The summed E-state index contributed by atoms with van der Waals surface area (Å²) in [5.41, 5.74) is 2.04. The Bertz CT molecular complexity index is 1160. The highest BCUT2D eigenvalue weighted by Gasteiger charge is 2.27. The zero-order valence-corrected chi connectivity index (χ0v) is 18.7. The van der Waals surface area contributed by atoms with Crippen molar-refractivity contribution in [2.75, 3.05) is 20.2 Å². The fraction of sp³-hybridized carbons (Fsp3) is 0.435. The Morgan fingerprint density at radius 2 is 1.97 bits per heavy atom. The molecule has 1 aromatic carbocycles. The molecule has 3 aromatic rings. The molecule has 0 bridgehead atoms. The van der Waals surface area contributed by atoms with Gasteiger partial charge in [0.25, 0.3) is 5.56 Å². The normalized spacial score (nSPS) is 15.0. The number of hydrogen-bond acceptors (Lipinski definition) is 5. The minimum absolute atomic E-state index is 0.0560. The molecule has 1 saturated heterocycles. The molecular formula is C23H27N3O3S. The smallest absolute Gasteiger partial charge is 0.262 e. The van der Waals surface area contributed by atoms with E-state index < -0.39 is 0 Å². The molecule has 0 unspecified atom stereocenters. The van der Waals surface area contributed by atoms with Crippen molar-refractivity contribution in [3.05, 3.63) is 56.4 Å². The molecule has 0 N–H and O–H groups in total. The second-order valence-electron chi connectivity index (χ2n) is 7.94. The molecule has 4 rings (SSSR count). The Labute approximate surface area is 180 Å². The monoisotopic (exact) mass is 425 g/mol. The second kappa shape index (κ2) is 8.22. The number of aryl methyl sites for hydroxylation is 3. The quantitative estimate of drug-likeness (QED) is 0.638. The Hall–Kier alpha value is -2.67. The number of fused-ring (bicyclic) bond motifs is 1. The van der Waals surface area contributed by atoms with Crippen molar-refractivity contribution in [1.29, 1.82) is 0 Å². The number of rotatable bonds is 4. The molecule has 1 aliphatic heterocycles. The summed E-state index contributed by atoms with van der Waals surface area (Å²) >= 11 is 1.58. The predicted octanol–water partition coefficient (Wildman–Crippen LogP) is 3.80. The molecule has 0 atom stereocenters. The van der Waals surface area contributed by atoms with Gasteiger partial charge >= 0.3 is 0 Å². The Morgan fingerprint density at radius 3 is 2.67 bits per heavy atom. The standard InChI is InChI=1S/C23H27N3O3S/c1-14-15(2)30-22-21(14)23(28)26(16(3)24-22)18-8-10-25(11-9-18)20(27)13-17-6-5-7-19(12-17)29-4/h5-7,12,18H,8-11,13H2,1-4H3. The van der Waals surface area contributed by atoms with Gasteiger partial charge in [-0.05, 0) is 56.9 Å². The number of thiophene rings is 1. The molecule has 0 spiro atoms. The fourth-order valence-corrected chi connectivity index (χ4v) is 5.35. The first-order valence-corrected chi connectivity index (χ1v) is 11.1. The van der Waals surface area contributed by atoms with Gasteiger partial charge in [0.1, 0.15) is 16.4 Å². The fourth-order valence-electron chi connectivity index (χ4n) is 4.28. The van der Waals surface area contributed by atoms with Crippen LogP contribution in [-0.2, 0) is 11.2 Å². The van der Waals surface area contributed by atoms with E-state index in [1.807, 2.05) is 54.5 Å². The summed E-state index contributed by atoms with van der Waals surface area (Å²) in [4.78, 5) is 34.6. The lowest BCUT2D eigenvalue weighted by molar-refractivity contribution is -0.131. The third-order valence-corrected chi connectivity index (χ3v) is 7.18. The zero-order chi connectivity index (χ0) is 21.4. The van der Waals surface area contributed by atoms with Crippen molar-refractivity contribution in [3.8, 4) is 5.75 Å². The summed E-state index contributed by atoms with van der Waals surface area (Å²) in [5.74, 6) is 1.63. The highest BCUT2D eigenvalue weighted by molar-refractivity contribution is 7.18. The van der Waals surface area contributed by atoms with Gasteiger partial charge in [-0.15, -0.1) is 11.3 Å². The summed E-state index contributed by atoms with van der Waals surface area (Å²) in [6, 6.07) is 7.71. The molecule has 158 valence electrons. The molecule has 0 radical (unpaired) electrons. The average Bonchev–Trinajstić information content (AvgIpc) is 3.02. The highest BCUT2D eigenvalue weighted by Crippen LogP contribution is 2.29. The summed E-state index contributed by atoms with van der Waals surface area (Å²) in [6.07, 6.45) is 1.89. The van der Waals surface area contributed by atoms with Gasteiger partial charge in [-0.2, -0.15) is 0 Å². The molecule has 30 heavy (non-hydrogen) atoms. The number of carbonyl (C=O) groups excluding carboxylic acids is 1. The molecule has 0 aliphatic carbocycles. The molecule has 1 fully saturated rings. The minimum atomic E-state index is 0.0560. The number of ether oxygens (including phenoxy) is 1. The first-order chi connectivity index (χ1) is 14.4. The second-order valence-corrected chi connectivity index (χ2v) is 9.14. The van der Waals surface area contributed by atoms with Crippen LogP contribution in [0.5, 0.6) is 5.75 Å². The van der Waals surface area contributed by atoms with Gasteiger partial charge in [-0.25, -0.2) is 4.98 Å². The molecule has 0 saturated carbocycles. The number of nitrogens with zero attached hydrogens (tertiary/aromatic N) is 3. The molecule has 6 nitrogen and oxygen atoms in total. The van der Waals surface area contributed by atoms with Gasteiger partial charge < -0.3 is 9.64 Å². The Balaban J connectivity index is 1.49. The molecule has 1 amide bonds. The van der Waals surface area contributed by atoms with E-state index in [-0.39, 0.29) is 17.5 Å². The summed E-state index contributed by atoms with van der Waals surface area (Å²) in [6.45, 7) is 7.24. The van der Waals surface area contributed by atoms with Gasteiger partial charge in [0.15, 0.2) is 0 Å². The van der Waals surface area contributed by atoms with E-state index in [9.17, 15) is 9.59 Å².